The molecule has 0 atom stereocenters. The number of carboxylic acid groups (broad SMARTS) is 2. The van der Waals surface area contributed by atoms with Crippen LogP contribution in [0, 0.1) is 5.92 Å². The van der Waals surface area contributed by atoms with Crippen LogP contribution in [-0.2, 0) is 14.3 Å². The van der Waals surface area contributed by atoms with Gasteiger partial charge in [0.05, 0.1) is 13.2 Å². The Morgan fingerprint density at radius 3 is 1.71 bits per heavy atom. The van der Waals surface area contributed by atoms with E-state index in [0.717, 1.165) is 33.2 Å². The van der Waals surface area contributed by atoms with E-state index in [4.69, 9.17) is 14.9 Å². The molecule has 3 N–H and O–H groups in total. The third kappa shape index (κ3) is 6.38. The highest BCUT2D eigenvalue weighted by Gasteiger charge is 2.18. The van der Waals surface area contributed by atoms with Crippen molar-refractivity contribution in [1.82, 2.24) is 5.32 Å². The monoisotopic (exact) mass is 205 g/mol. The first-order valence-corrected chi connectivity index (χ1v) is 4.29. The number of nitrogens with one attached hydrogen (secondary N) is 1. The first kappa shape index (κ1) is 12.9. The van der Waals surface area contributed by atoms with Crippen molar-refractivity contribution in [2.24, 2.45) is 5.92 Å². The predicted molar refractivity (Wildman–Crippen MR) is 48.1 cm³/mol. The molecule has 0 aromatic rings. The number of rotatable bonds is 2. The van der Waals surface area contributed by atoms with E-state index in [1.807, 2.05) is 0 Å². The highest BCUT2D eigenvalue weighted by atomic mass is 16.5. The van der Waals surface area contributed by atoms with E-state index < -0.39 is 17.9 Å². The fraction of sp³-hybridized carbons (Fsp3) is 0.750. The Kier molecular flexibility index (Phi) is 6.69. The highest BCUT2D eigenvalue weighted by Crippen LogP contribution is 1.91. The third-order valence-electron chi connectivity index (χ3n) is 1.59. The fourth-order valence-corrected chi connectivity index (χ4v) is 0.621. The molecule has 1 fully saturated rings. The molecule has 14 heavy (non-hydrogen) atoms. The van der Waals surface area contributed by atoms with Crippen molar-refractivity contribution in [1.29, 1.82) is 0 Å². The van der Waals surface area contributed by atoms with Crippen LogP contribution in [0.2, 0.25) is 0 Å². The number of morpholine rings is 1. The Morgan fingerprint density at radius 1 is 1.21 bits per heavy atom. The van der Waals surface area contributed by atoms with Crippen molar-refractivity contribution in [2.45, 2.75) is 6.92 Å². The number of hydrogen-bond donors (Lipinski definition) is 3. The van der Waals surface area contributed by atoms with E-state index in [-0.39, 0.29) is 0 Å². The maximum Gasteiger partial charge on any atom is 0.317 e. The predicted octanol–water partition coefficient (Wildman–Crippen LogP) is -0.602. The third-order valence-corrected chi connectivity index (χ3v) is 1.59. The molecule has 6 heteroatoms. The topological polar surface area (TPSA) is 95.9 Å². The van der Waals surface area contributed by atoms with Gasteiger partial charge in [0, 0.05) is 13.1 Å². The lowest BCUT2D eigenvalue weighted by molar-refractivity contribution is -0.153. The summed E-state index contributed by atoms with van der Waals surface area (Å²) in [5.41, 5.74) is 0. The van der Waals surface area contributed by atoms with Gasteiger partial charge in [-0.2, -0.15) is 0 Å². The molecule has 0 unspecified atom stereocenters. The summed E-state index contributed by atoms with van der Waals surface area (Å²) in [4.78, 5) is 19.5. The first-order valence-electron chi connectivity index (χ1n) is 4.29. The number of carboxylic acids is 2. The number of hydrogen-bond acceptors (Lipinski definition) is 4. The maximum atomic E-state index is 9.76. The highest BCUT2D eigenvalue weighted by molar-refractivity contribution is 5.92. The smallest absolute Gasteiger partial charge is 0.317 e. The van der Waals surface area contributed by atoms with Crippen molar-refractivity contribution in [3.8, 4) is 0 Å². The van der Waals surface area contributed by atoms with Crippen LogP contribution in [0.25, 0.3) is 0 Å². The Balaban J connectivity index is 0.000000249. The Bertz CT molecular complexity index is 165. The molecule has 1 aliphatic rings. The lowest BCUT2D eigenvalue weighted by atomic mass is 10.2. The molecule has 1 heterocycles. The van der Waals surface area contributed by atoms with Crippen LogP contribution in [0.15, 0.2) is 0 Å². The van der Waals surface area contributed by atoms with Gasteiger partial charge in [-0.15, -0.1) is 0 Å². The normalized spacial score (nSPS) is 15.6. The van der Waals surface area contributed by atoms with Crippen LogP contribution in [0.1, 0.15) is 6.92 Å². The van der Waals surface area contributed by atoms with Gasteiger partial charge >= 0.3 is 11.9 Å². The van der Waals surface area contributed by atoms with Crippen LogP contribution in [0.4, 0.5) is 0 Å². The zero-order valence-electron chi connectivity index (χ0n) is 8.02. The van der Waals surface area contributed by atoms with E-state index >= 15 is 0 Å². The van der Waals surface area contributed by atoms with Gasteiger partial charge in [0.25, 0.3) is 0 Å². The van der Waals surface area contributed by atoms with Crippen molar-refractivity contribution in [2.75, 3.05) is 26.3 Å². The SMILES string of the molecule is C1COCCN1.CC(C(=O)O)C(=O)O. The minimum Gasteiger partial charge on any atom is -0.481 e. The summed E-state index contributed by atoms with van der Waals surface area (Å²) in [6.45, 7) is 4.95. The quantitative estimate of drug-likeness (QED) is 0.521. The lowest BCUT2D eigenvalue weighted by Gasteiger charge is -2.10. The van der Waals surface area contributed by atoms with Crippen LogP contribution in [-0.4, -0.2) is 48.5 Å². The molecule has 1 rings (SSSR count). The van der Waals surface area contributed by atoms with Crippen LogP contribution in [0.3, 0.4) is 0 Å². The fourth-order valence-electron chi connectivity index (χ4n) is 0.621. The van der Waals surface area contributed by atoms with Crippen LogP contribution >= 0.6 is 0 Å². The number of ether oxygens (including phenoxy) is 1. The Hall–Kier alpha value is -1.14. The average Bonchev–Trinajstić information content (AvgIpc) is 2.20. The van der Waals surface area contributed by atoms with Crippen LogP contribution in [0.5, 0.6) is 0 Å². The van der Waals surface area contributed by atoms with Gasteiger partial charge in [0.2, 0.25) is 0 Å². The van der Waals surface area contributed by atoms with E-state index in [2.05, 4.69) is 5.32 Å². The molecule has 0 aliphatic carbocycles. The van der Waals surface area contributed by atoms with E-state index in [9.17, 15) is 9.59 Å². The first-order chi connectivity index (χ1) is 6.55. The summed E-state index contributed by atoms with van der Waals surface area (Å²) in [7, 11) is 0. The van der Waals surface area contributed by atoms with Crippen molar-refractivity contribution in [3.63, 3.8) is 0 Å². The summed E-state index contributed by atoms with van der Waals surface area (Å²) in [6.07, 6.45) is 0. The van der Waals surface area contributed by atoms with Gasteiger partial charge in [0.15, 0.2) is 5.92 Å². The summed E-state index contributed by atoms with van der Waals surface area (Å²) in [5.74, 6) is -3.91. The number of aliphatic carboxylic acids is 2. The van der Waals surface area contributed by atoms with Gasteiger partial charge in [-0.25, -0.2) is 0 Å². The van der Waals surface area contributed by atoms with Gasteiger partial charge < -0.3 is 20.3 Å². The second kappa shape index (κ2) is 7.28. The summed E-state index contributed by atoms with van der Waals surface area (Å²) in [6, 6.07) is 0. The minimum absolute atomic E-state index is 0.889. The molecule has 1 aliphatic heterocycles. The van der Waals surface area contributed by atoms with Crippen molar-refractivity contribution >= 4 is 11.9 Å². The van der Waals surface area contributed by atoms with Gasteiger partial charge in [0.1, 0.15) is 0 Å². The molecule has 82 valence electrons. The number of carbonyl (C=O) groups is 2. The lowest BCUT2D eigenvalue weighted by Crippen LogP contribution is -2.30. The summed E-state index contributed by atoms with van der Waals surface area (Å²) in [5, 5.41) is 19.1. The second-order valence-electron chi connectivity index (χ2n) is 2.76. The molecule has 0 aromatic heterocycles. The van der Waals surface area contributed by atoms with E-state index in [1.54, 1.807) is 0 Å². The molecule has 0 aromatic carbocycles. The largest absolute Gasteiger partial charge is 0.481 e. The standard InChI is InChI=1S/C4H9NO.C4H6O4/c1-3-6-4-2-5-1;1-2(3(5)6)4(7)8/h5H,1-4H2;2H,1H3,(H,5,6)(H,7,8). The van der Waals surface area contributed by atoms with Crippen molar-refractivity contribution in [3.05, 3.63) is 0 Å². The molecule has 6 nitrogen and oxygen atoms in total. The summed E-state index contributed by atoms with van der Waals surface area (Å²) < 4.78 is 5.01. The van der Waals surface area contributed by atoms with E-state index in [1.165, 1.54) is 0 Å². The molecular formula is C8H15NO5. The summed E-state index contributed by atoms with van der Waals surface area (Å²) >= 11 is 0. The molecule has 0 spiro atoms. The zero-order valence-corrected chi connectivity index (χ0v) is 8.02. The Morgan fingerprint density at radius 2 is 1.64 bits per heavy atom. The maximum absolute atomic E-state index is 9.76. The average molecular weight is 205 g/mol. The molecular weight excluding hydrogens is 190 g/mol. The van der Waals surface area contributed by atoms with Gasteiger partial charge in [-0.1, -0.05) is 0 Å². The van der Waals surface area contributed by atoms with Gasteiger partial charge in [-0.3, -0.25) is 9.59 Å². The van der Waals surface area contributed by atoms with Crippen molar-refractivity contribution < 1.29 is 24.5 Å². The molecule has 0 radical (unpaired) electrons. The zero-order chi connectivity index (χ0) is 11.0. The minimum atomic E-state index is -1.31. The molecule has 1 saturated heterocycles. The van der Waals surface area contributed by atoms with E-state index in [0.29, 0.717) is 0 Å². The molecule has 0 saturated carbocycles. The second-order valence-corrected chi connectivity index (χ2v) is 2.76. The molecule has 0 amide bonds. The Labute approximate surface area is 81.9 Å². The molecule has 0 bridgehead atoms. The van der Waals surface area contributed by atoms with Crippen LogP contribution < -0.4 is 5.32 Å². The van der Waals surface area contributed by atoms with Gasteiger partial charge in [-0.05, 0) is 6.92 Å².